The number of esters is 1. The number of hydrogen-bond acceptors (Lipinski definition) is 3. The number of ether oxygens (including phenoxy) is 1. The molecule has 0 fully saturated rings. The molecular weight excluding hydrogens is 168 g/mol. The Bertz CT molecular complexity index is 283. The second-order valence-electron chi connectivity index (χ2n) is 3.24. The van der Waals surface area contributed by atoms with E-state index in [2.05, 4.69) is 12.3 Å². The maximum absolute atomic E-state index is 10.9. The van der Waals surface area contributed by atoms with Gasteiger partial charge in [-0.25, -0.2) is 4.79 Å². The molecule has 70 valence electrons. The summed E-state index contributed by atoms with van der Waals surface area (Å²) in [6.45, 7) is 4.92. The maximum Gasteiger partial charge on any atom is 0.339 e. The summed E-state index contributed by atoms with van der Waals surface area (Å²) in [6, 6.07) is 0. The minimum Gasteiger partial charge on any atom is -0.454 e. The average molecular weight is 180 g/mol. The molecule has 1 rings (SSSR count). The van der Waals surface area contributed by atoms with Gasteiger partial charge in [0.2, 0.25) is 0 Å². The van der Waals surface area contributed by atoms with Crippen molar-refractivity contribution in [1.82, 2.24) is 0 Å². The summed E-state index contributed by atoms with van der Waals surface area (Å²) >= 11 is 0. The lowest BCUT2D eigenvalue weighted by atomic mass is 10.1. The first kappa shape index (κ1) is 9.78. The van der Waals surface area contributed by atoms with Crippen molar-refractivity contribution in [3.63, 3.8) is 0 Å². The second-order valence-corrected chi connectivity index (χ2v) is 3.24. The normalized spacial score (nSPS) is 31.1. The zero-order chi connectivity index (χ0) is 9.90. The van der Waals surface area contributed by atoms with Gasteiger partial charge in [0.15, 0.2) is 0 Å². The van der Waals surface area contributed by atoms with Crippen LogP contribution in [-0.2, 0) is 9.53 Å². The number of carbonyl (C=O) groups is 1. The molecular formula is C10H12O3. The molecule has 0 bridgehead atoms. The Labute approximate surface area is 77.0 Å². The standard InChI is InChI=1S/C10H12O3/c1-3-4-9(11)13-8-5-6-10(2,12)7-8/h4-6,8,12H,1,7H2,2H3/t8-,10-/m1/s1. The largest absolute Gasteiger partial charge is 0.454 e. The predicted octanol–water partition coefficient (Wildman–Crippen LogP) is 0.950. The Morgan fingerprint density at radius 1 is 1.92 bits per heavy atom. The molecule has 1 N–H and O–H groups in total. The molecule has 0 spiro atoms. The molecule has 0 aromatic heterocycles. The van der Waals surface area contributed by atoms with E-state index in [9.17, 15) is 9.90 Å². The van der Waals surface area contributed by atoms with Gasteiger partial charge in [-0.05, 0) is 13.0 Å². The summed E-state index contributed by atoms with van der Waals surface area (Å²) < 4.78 is 4.94. The van der Waals surface area contributed by atoms with Crippen LogP contribution >= 0.6 is 0 Å². The molecule has 0 heterocycles. The molecule has 3 nitrogen and oxygen atoms in total. The summed E-state index contributed by atoms with van der Waals surface area (Å²) in [5.41, 5.74) is 1.47. The third-order valence-electron chi connectivity index (χ3n) is 1.77. The molecule has 3 heteroatoms. The molecule has 0 saturated heterocycles. The first-order valence-corrected chi connectivity index (χ1v) is 4.02. The van der Waals surface area contributed by atoms with Crippen LogP contribution in [0.3, 0.4) is 0 Å². The number of carbonyl (C=O) groups excluding carboxylic acids is 1. The molecule has 0 radical (unpaired) electrons. The van der Waals surface area contributed by atoms with Crippen molar-refractivity contribution in [3.8, 4) is 0 Å². The van der Waals surface area contributed by atoms with Crippen LogP contribution < -0.4 is 0 Å². The average Bonchev–Trinajstić information content (AvgIpc) is 2.30. The van der Waals surface area contributed by atoms with E-state index >= 15 is 0 Å². The first-order chi connectivity index (χ1) is 6.03. The number of hydrogen-bond donors (Lipinski definition) is 1. The molecule has 0 aromatic rings. The van der Waals surface area contributed by atoms with E-state index < -0.39 is 11.6 Å². The van der Waals surface area contributed by atoms with Crippen LogP contribution in [0.15, 0.2) is 30.5 Å². The zero-order valence-electron chi connectivity index (χ0n) is 7.49. The highest BCUT2D eigenvalue weighted by atomic mass is 16.5. The SMILES string of the molecule is C=C=CC(=O)O[C@@H]1C=C[C@@](C)(O)C1. The summed E-state index contributed by atoms with van der Waals surface area (Å²) in [5.74, 6) is -0.484. The van der Waals surface area contributed by atoms with E-state index in [0.717, 1.165) is 6.08 Å². The summed E-state index contributed by atoms with van der Waals surface area (Å²) in [4.78, 5) is 10.9. The fourth-order valence-electron chi connectivity index (χ4n) is 1.21. The predicted molar refractivity (Wildman–Crippen MR) is 48.0 cm³/mol. The van der Waals surface area contributed by atoms with Crippen LogP contribution in [0.4, 0.5) is 0 Å². The zero-order valence-corrected chi connectivity index (χ0v) is 7.49. The molecule has 2 atom stereocenters. The Balaban J connectivity index is 2.46. The van der Waals surface area contributed by atoms with E-state index in [0.29, 0.717) is 6.42 Å². The molecule has 0 amide bonds. The van der Waals surface area contributed by atoms with Crippen LogP contribution in [0.25, 0.3) is 0 Å². The third kappa shape index (κ3) is 2.90. The monoisotopic (exact) mass is 180 g/mol. The van der Waals surface area contributed by atoms with Crippen molar-refractivity contribution in [2.24, 2.45) is 0 Å². The van der Waals surface area contributed by atoms with Gasteiger partial charge >= 0.3 is 5.97 Å². The van der Waals surface area contributed by atoms with Crippen molar-refractivity contribution in [3.05, 3.63) is 30.5 Å². The highest BCUT2D eigenvalue weighted by molar-refractivity contribution is 5.81. The smallest absolute Gasteiger partial charge is 0.339 e. The van der Waals surface area contributed by atoms with Crippen molar-refractivity contribution in [2.75, 3.05) is 0 Å². The molecule has 0 unspecified atom stereocenters. The van der Waals surface area contributed by atoms with Gasteiger partial charge in [-0.2, -0.15) is 0 Å². The van der Waals surface area contributed by atoms with Gasteiger partial charge in [-0.15, -0.1) is 5.73 Å². The lowest BCUT2D eigenvalue weighted by molar-refractivity contribution is -0.141. The van der Waals surface area contributed by atoms with Gasteiger partial charge in [0.1, 0.15) is 6.10 Å². The van der Waals surface area contributed by atoms with E-state index in [1.165, 1.54) is 0 Å². The van der Waals surface area contributed by atoms with Gasteiger partial charge in [0.05, 0.1) is 11.7 Å². The summed E-state index contributed by atoms with van der Waals surface area (Å²) in [6.07, 6.45) is 4.49. The van der Waals surface area contributed by atoms with Crippen LogP contribution in [-0.4, -0.2) is 22.8 Å². The summed E-state index contributed by atoms with van der Waals surface area (Å²) in [5, 5.41) is 9.49. The fourth-order valence-corrected chi connectivity index (χ4v) is 1.21. The maximum atomic E-state index is 10.9. The number of rotatable bonds is 2. The number of aliphatic hydroxyl groups is 1. The van der Waals surface area contributed by atoms with Gasteiger partial charge in [-0.1, -0.05) is 12.7 Å². The Kier molecular flexibility index (Phi) is 2.71. The van der Waals surface area contributed by atoms with Crippen LogP contribution in [0.2, 0.25) is 0 Å². The fraction of sp³-hybridized carbons (Fsp3) is 0.400. The Hall–Kier alpha value is -1.31. The Morgan fingerprint density at radius 3 is 3.08 bits per heavy atom. The quantitative estimate of drug-likeness (QED) is 0.298. The minimum atomic E-state index is -0.858. The molecule has 1 aliphatic carbocycles. The van der Waals surface area contributed by atoms with Crippen molar-refractivity contribution in [2.45, 2.75) is 25.0 Å². The van der Waals surface area contributed by atoms with Gasteiger partial charge in [0, 0.05) is 6.42 Å². The van der Waals surface area contributed by atoms with Crippen molar-refractivity contribution in [1.29, 1.82) is 0 Å². The highest BCUT2D eigenvalue weighted by Crippen LogP contribution is 2.24. The van der Waals surface area contributed by atoms with E-state index in [1.807, 2.05) is 0 Å². The van der Waals surface area contributed by atoms with E-state index in [-0.39, 0.29) is 6.10 Å². The van der Waals surface area contributed by atoms with Gasteiger partial charge in [0.25, 0.3) is 0 Å². The van der Waals surface area contributed by atoms with E-state index in [4.69, 9.17) is 4.74 Å². The lowest BCUT2D eigenvalue weighted by Crippen LogP contribution is -2.23. The van der Waals surface area contributed by atoms with Gasteiger partial charge < -0.3 is 9.84 Å². The topological polar surface area (TPSA) is 46.5 Å². The van der Waals surface area contributed by atoms with Crippen LogP contribution in [0, 0.1) is 0 Å². The molecule has 13 heavy (non-hydrogen) atoms. The first-order valence-electron chi connectivity index (χ1n) is 4.02. The van der Waals surface area contributed by atoms with Crippen molar-refractivity contribution >= 4 is 5.97 Å². The third-order valence-corrected chi connectivity index (χ3v) is 1.77. The second kappa shape index (κ2) is 3.60. The minimum absolute atomic E-state index is 0.341. The summed E-state index contributed by atoms with van der Waals surface area (Å²) in [7, 11) is 0. The van der Waals surface area contributed by atoms with Crippen LogP contribution in [0.5, 0.6) is 0 Å². The molecule has 0 saturated carbocycles. The molecule has 0 aromatic carbocycles. The molecule has 0 aliphatic heterocycles. The van der Waals surface area contributed by atoms with Crippen molar-refractivity contribution < 1.29 is 14.6 Å². The highest BCUT2D eigenvalue weighted by Gasteiger charge is 2.29. The Morgan fingerprint density at radius 2 is 2.62 bits per heavy atom. The van der Waals surface area contributed by atoms with E-state index in [1.54, 1.807) is 19.1 Å². The van der Waals surface area contributed by atoms with Gasteiger partial charge in [-0.3, -0.25) is 0 Å². The lowest BCUT2D eigenvalue weighted by Gasteiger charge is -2.15. The van der Waals surface area contributed by atoms with Crippen LogP contribution in [0.1, 0.15) is 13.3 Å². The molecule has 1 aliphatic rings.